The zero-order valence-electron chi connectivity index (χ0n) is 16.8. The van der Waals surface area contributed by atoms with Crippen molar-refractivity contribution in [3.05, 3.63) is 65.4 Å². The number of rotatable bonds is 5. The molecule has 1 saturated heterocycles. The predicted octanol–water partition coefficient (Wildman–Crippen LogP) is 4.15. The van der Waals surface area contributed by atoms with E-state index in [4.69, 9.17) is 9.26 Å². The number of hydrogen-bond donors (Lipinski definition) is 0. The summed E-state index contributed by atoms with van der Waals surface area (Å²) in [7, 11) is -2.23. The summed E-state index contributed by atoms with van der Waals surface area (Å²) in [6.07, 6.45) is 0.797. The Kier molecular flexibility index (Phi) is 5.19. The third kappa shape index (κ3) is 3.56. The van der Waals surface area contributed by atoms with Gasteiger partial charge in [-0.3, -0.25) is 0 Å². The molecular formula is C22H24N2O4S. The molecule has 0 N–H and O–H groups in total. The van der Waals surface area contributed by atoms with E-state index in [1.54, 1.807) is 22.5 Å². The lowest BCUT2D eigenvalue weighted by atomic mass is 9.99. The quantitative estimate of drug-likeness (QED) is 0.630. The van der Waals surface area contributed by atoms with Crippen LogP contribution >= 0.6 is 0 Å². The Labute approximate surface area is 171 Å². The number of sulfonamides is 1. The largest absolute Gasteiger partial charge is 0.495 e. The van der Waals surface area contributed by atoms with E-state index in [0.29, 0.717) is 30.2 Å². The number of nitrogens with zero attached hydrogens (tertiary/aromatic N) is 2. The Bertz CT molecular complexity index is 1120. The lowest BCUT2D eigenvalue weighted by Crippen LogP contribution is -2.29. The van der Waals surface area contributed by atoms with E-state index in [2.05, 4.69) is 17.3 Å². The van der Waals surface area contributed by atoms with E-state index in [1.165, 1.54) is 12.7 Å². The number of ether oxygens (including phenoxy) is 1. The van der Waals surface area contributed by atoms with Crippen LogP contribution in [0.5, 0.6) is 5.75 Å². The van der Waals surface area contributed by atoms with Crippen molar-refractivity contribution < 1.29 is 17.7 Å². The highest BCUT2D eigenvalue weighted by atomic mass is 32.2. The average Bonchev–Trinajstić information content (AvgIpc) is 3.36. The van der Waals surface area contributed by atoms with Gasteiger partial charge in [0.2, 0.25) is 10.0 Å². The highest BCUT2D eigenvalue weighted by Crippen LogP contribution is 2.37. The van der Waals surface area contributed by atoms with Gasteiger partial charge in [-0.1, -0.05) is 35.5 Å². The Balaban J connectivity index is 1.69. The van der Waals surface area contributed by atoms with Crippen molar-refractivity contribution in [2.45, 2.75) is 31.1 Å². The van der Waals surface area contributed by atoms with Gasteiger partial charge in [-0.15, -0.1) is 0 Å². The normalized spacial score (nSPS) is 17.6. The minimum Gasteiger partial charge on any atom is -0.495 e. The van der Waals surface area contributed by atoms with Gasteiger partial charge in [0, 0.05) is 24.2 Å². The molecule has 3 aromatic rings. The fourth-order valence-corrected chi connectivity index (χ4v) is 5.47. The van der Waals surface area contributed by atoms with Crippen molar-refractivity contribution in [1.82, 2.24) is 9.46 Å². The standard InChI is InChI=1S/C22H24N2O4S/c1-15-16(2)23-28-22(15)18-9-10-20(27-3)21(13-18)29(25,26)24-12-11-19(14-24)17-7-5-4-6-8-17/h4-10,13,19H,11-12,14H2,1-3H3/t19-/m1/s1. The summed E-state index contributed by atoms with van der Waals surface area (Å²) in [5.41, 5.74) is 3.51. The smallest absolute Gasteiger partial charge is 0.246 e. The predicted molar refractivity (Wildman–Crippen MR) is 111 cm³/mol. The van der Waals surface area contributed by atoms with Gasteiger partial charge < -0.3 is 9.26 Å². The van der Waals surface area contributed by atoms with Crippen molar-refractivity contribution in [3.8, 4) is 17.1 Å². The lowest BCUT2D eigenvalue weighted by Gasteiger charge is -2.19. The molecule has 0 aliphatic carbocycles. The zero-order valence-corrected chi connectivity index (χ0v) is 17.6. The first-order valence-electron chi connectivity index (χ1n) is 9.58. The van der Waals surface area contributed by atoms with Crippen LogP contribution in [0, 0.1) is 13.8 Å². The second-order valence-electron chi connectivity index (χ2n) is 7.35. The third-order valence-corrected chi connectivity index (χ3v) is 7.51. The maximum absolute atomic E-state index is 13.5. The summed E-state index contributed by atoms with van der Waals surface area (Å²) in [4.78, 5) is 0.152. The van der Waals surface area contributed by atoms with Crippen LogP contribution < -0.4 is 4.74 Å². The van der Waals surface area contributed by atoms with Gasteiger partial charge in [0.1, 0.15) is 10.6 Å². The molecule has 2 aromatic carbocycles. The fourth-order valence-electron chi connectivity index (χ4n) is 3.79. The first-order chi connectivity index (χ1) is 13.9. The van der Waals surface area contributed by atoms with Crippen LogP contribution in [0.15, 0.2) is 57.9 Å². The molecule has 4 rings (SSSR count). The maximum atomic E-state index is 13.5. The lowest BCUT2D eigenvalue weighted by molar-refractivity contribution is 0.397. The topological polar surface area (TPSA) is 72.6 Å². The van der Waals surface area contributed by atoms with Crippen molar-refractivity contribution in [3.63, 3.8) is 0 Å². The molecule has 6 nitrogen and oxygen atoms in total. The molecule has 152 valence electrons. The van der Waals surface area contributed by atoms with Gasteiger partial charge in [0.15, 0.2) is 5.76 Å². The molecule has 0 unspecified atom stereocenters. The number of hydrogen-bond acceptors (Lipinski definition) is 5. The SMILES string of the molecule is COc1ccc(-c2onc(C)c2C)cc1S(=O)(=O)N1CC[C@@H](c2ccccc2)C1. The van der Waals surface area contributed by atoms with Crippen molar-refractivity contribution in [2.75, 3.05) is 20.2 Å². The van der Waals surface area contributed by atoms with Crippen LogP contribution in [0.2, 0.25) is 0 Å². The van der Waals surface area contributed by atoms with Gasteiger partial charge in [0.25, 0.3) is 0 Å². The Morgan fingerprint density at radius 2 is 1.90 bits per heavy atom. The number of aromatic nitrogens is 1. The second kappa shape index (κ2) is 7.65. The first-order valence-corrected chi connectivity index (χ1v) is 11.0. The zero-order chi connectivity index (χ0) is 20.6. The molecule has 0 saturated carbocycles. The summed E-state index contributed by atoms with van der Waals surface area (Å²) in [6.45, 7) is 4.71. The van der Waals surface area contributed by atoms with Gasteiger partial charge in [-0.25, -0.2) is 8.42 Å². The molecule has 29 heavy (non-hydrogen) atoms. The van der Waals surface area contributed by atoms with E-state index in [-0.39, 0.29) is 10.8 Å². The van der Waals surface area contributed by atoms with E-state index >= 15 is 0 Å². The van der Waals surface area contributed by atoms with Crippen LogP contribution in [0.4, 0.5) is 0 Å². The summed E-state index contributed by atoms with van der Waals surface area (Å²) in [5.74, 6) is 1.09. The Hall–Kier alpha value is -2.64. The van der Waals surface area contributed by atoms with Crippen LogP contribution in [-0.2, 0) is 10.0 Å². The molecule has 0 amide bonds. The summed E-state index contributed by atoms with van der Waals surface area (Å²) in [5, 5.41) is 3.98. The van der Waals surface area contributed by atoms with Crippen LogP contribution in [-0.4, -0.2) is 38.1 Å². The number of aryl methyl sites for hydroxylation is 1. The highest BCUT2D eigenvalue weighted by Gasteiger charge is 2.35. The molecule has 0 bridgehead atoms. The highest BCUT2D eigenvalue weighted by molar-refractivity contribution is 7.89. The van der Waals surface area contributed by atoms with Gasteiger partial charge in [-0.2, -0.15) is 4.31 Å². The number of benzene rings is 2. The molecule has 7 heteroatoms. The molecule has 0 radical (unpaired) electrons. The van der Waals surface area contributed by atoms with Crippen LogP contribution in [0.1, 0.15) is 29.2 Å². The van der Waals surface area contributed by atoms with Crippen molar-refractivity contribution >= 4 is 10.0 Å². The summed E-state index contributed by atoms with van der Waals surface area (Å²) < 4.78 is 39.3. The second-order valence-corrected chi connectivity index (χ2v) is 9.25. The number of methoxy groups -OCH3 is 1. The van der Waals surface area contributed by atoms with Crippen molar-refractivity contribution in [2.24, 2.45) is 0 Å². The molecule has 2 heterocycles. The Morgan fingerprint density at radius 3 is 2.55 bits per heavy atom. The van der Waals surface area contributed by atoms with E-state index in [1.807, 2.05) is 32.0 Å². The Morgan fingerprint density at radius 1 is 1.14 bits per heavy atom. The molecule has 1 aliphatic rings. The monoisotopic (exact) mass is 412 g/mol. The van der Waals surface area contributed by atoms with Gasteiger partial charge in [0.05, 0.1) is 12.8 Å². The van der Waals surface area contributed by atoms with Crippen molar-refractivity contribution in [1.29, 1.82) is 0 Å². The van der Waals surface area contributed by atoms with E-state index in [0.717, 1.165) is 17.7 Å². The van der Waals surface area contributed by atoms with E-state index in [9.17, 15) is 8.42 Å². The maximum Gasteiger partial charge on any atom is 0.246 e. The van der Waals surface area contributed by atoms with E-state index < -0.39 is 10.0 Å². The van der Waals surface area contributed by atoms with Crippen LogP contribution in [0.25, 0.3) is 11.3 Å². The first kappa shape index (κ1) is 19.7. The average molecular weight is 413 g/mol. The molecule has 1 aromatic heterocycles. The summed E-state index contributed by atoms with van der Waals surface area (Å²) >= 11 is 0. The molecule has 1 aliphatic heterocycles. The third-order valence-electron chi connectivity index (χ3n) is 5.62. The molecule has 1 atom stereocenters. The minimum absolute atomic E-state index is 0.152. The van der Waals surface area contributed by atoms with Gasteiger partial charge >= 0.3 is 0 Å². The summed E-state index contributed by atoms with van der Waals surface area (Å²) in [6, 6.07) is 15.1. The fraction of sp³-hybridized carbons (Fsp3) is 0.318. The molecule has 1 fully saturated rings. The van der Waals surface area contributed by atoms with Crippen LogP contribution in [0.3, 0.4) is 0 Å². The van der Waals surface area contributed by atoms with Gasteiger partial charge in [-0.05, 0) is 49.9 Å². The minimum atomic E-state index is -3.71. The molecular weight excluding hydrogens is 388 g/mol. The molecule has 0 spiro atoms.